The lowest BCUT2D eigenvalue weighted by Crippen LogP contribution is -2.28. The summed E-state index contributed by atoms with van der Waals surface area (Å²) in [5.41, 5.74) is 0. The summed E-state index contributed by atoms with van der Waals surface area (Å²) in [6.07, 6.45) is 17.0. The van der Waals surface area contributed by atoms with Gasteiger partial charge in [0.2, 0.25) is 0 Å². The first-order valence-corrected chi connectivity index (χ1v) is 8.94. The van der Waals surface area contributed by atoms with Crippen LogP contribution in [0.5, 0.6) is 0 Å². The molecule has 20 heavy (non-hydrogen) atoms. The second-order valence-corrected chi connectivity index (χ2v) is 6.06. The van der Waals surface area contributed by atoms with Gasteiger partial charge >= 0.3 is 0 Å². The second kappa shape index (κ2) is 12.1. The summed E-state index contributed by atoms with van der Waals surface area (Å²) < 4.78 is 5.77. The highest BCUT2D eigenvalue weighted by atomic mass is 16.5. The van der Waals surface area contributed by atoms with Gasteiger partial charge in [0.25, 0.3) is 0 Å². The minimum absolute atomic E-state index is 0.884. The molecule has 0 saturated carbocycles. The Morgan fingerprint density at radius 1 is 0.900 bits per heavy atom. The van der Waals surface area contributed by atoms with Gasteiger partial charge in [-0.15, -0.1) is 0 Å². The fraction of sp³-hybridized carbons (Fsp3) is 0.889. The largest absolute Gasteiger partial charge is 0.495 e. The van der Waals surface area contributed by atoms with E-state index < -0.39 is 0 Å². The Kier molecular flexibility index (Phi) is 10.5. The van der Waals surface area contributed by atoms with E-state index in [4.69, 9.17) is 4.74 Å². The van der Waals surface area contributed by atoms with Crippen LogP contribution in [0, 0.1) is 0 Å². The zero-order valence-electron chi connectivity index (χ0n) is 13.8. The normalized spacial score (nSPS) is 15.1. The van der Waals surface area contributed by atoms with Gasteiger partial charge < -0.3 is 9.64 Å². The monoisotopic (exact) mass is 281 g/mol. The molecule has 1 heterocycles. The molecule has 0 atom stereocenters. The molecule has 1 aliphatic rings. The summed E-state index contributed by atoms with van der Waals surface area (Å²) in [7, 11) is 0. The zero-order chi connectivity index (χ0) is 14.5. The predicted molar refractivity (Wildman–Crippen MR) is 87.7 cm³/mol. The fourth-order valence-electron chi connectivity index (χ4n) is 2.73. The Morgan fingerprint density at radius 3 is 2.30 bits per heavy atom. The van der Waals surface area contributed by atoms with Gasteiger partial charge in [0, 0.05) is 19.2 Å². The van der Waals surface area contributed by atoms with Crippen LogP contribution in [0.4, 0.5) is 0 Å². The van der Waals surface area contributed by atoms with Gasteiger partial charge in [-0.25, -0.2) is 0 Å². The van der Waals surface area contributed by atoms with E-state index in [9.17, 15) is 0 Å². The van der Waals surface area contributed by atoms with Gasteiger partial charge in [-0.05, 0) is 12.8 Å². The SMILES string of the molecule is CCCCCCCCN1C=C(CCCCCC)OCC1. The van der Waals surface area contributed by atoms with Crippen molar-refractivity contribution >= 4 is 0 Å². The molecule has 0 N–H and O–H groups in total. The zero-order valence-corrected chi connectivity index (χ0v) is 13.8. The standard InChI is InChI=1S/C18H35NO/c1-3-5-7-9-10-12-14-19-15-16-20-18(17-19)13-11-8-6-4-2/h17H,3-16H2,1-2H3. The van der Waals surface area contributed by atoms with Gasteiger partial charge in [0.15, 0.2) is 0 Å². The molecule has 118 valence electrons. The lowest BCUT2D eigenvalue weighted by molar-refractivity contribution is 0.134. The van der Waals surface area contributed by atoms with Crippen LogP contribution in [-0.2, 0) is 4.74 Å². The molecule has 0 amide bonds. The highest BCUT2D eigenvalue weighted by Crippen LogP contribution is 2.16. The minimum atomic E-state index is 0.884. The Morgan fingerprint density at radius 2 is 1.55 bits per heavy atom. The molecule has 0 radical (unpaired) electrons. The van der Waals surface area contributed by atoms with Gasteiger partial charge in [-0.1, -0.05) is 65.2 Å². The summed E-state index contributed by atoms with van der Waals surface area (Å²) in [5, 5.41) is 0. The maximum Gasteiger partial charge on any atom is 0.112 e. The van der Waals surface area contributed by atoms with E-state index in [1.807, 2.05) is 0 Å². The van der Waals surface area contributed by atoms with E-state index in [0.29, 0.717) is 0 Å². The van der Waals surface area contributed by atoms with Crippen molar-refractivity contribution in [3.8, 4) is 0 Å². The molecule has 0 spiro atoms. The van der Waals surface area contributed by atoms with E-state index in [1.54, 1.807) is 0 Å². The second-order valence-electron chi connectivity index (χ2n) is 6.06. The number of hydrogen-bond acceptors (Lipinski definition) is 2. The molecule has 0 aliphatic carbocycles. The summed E-state index contributed by atoms with van der Waals surface area (Å²) >= 11 is 0. The topological polar surface area (TPSA) is 12.5 Å². The van der Waals surface area contributed by atoms with Crippen molar-refractivity contribution in [3.05, 3.63) is 12.0 Å². The molecule has 0 saturated heterocycles. The van der Waals surface area contributed by atoms with Crippen molar-refractivity contribution in [2.24, 2.45) is 0 Å². The number of unbranched alkanes of at least 4 members (excludes halogenated alkanes) is 8. The Bertz CT molecular complexity index is 250. The molecule has 2 heteroatoms. The molecule has 0 unspecified atom stereocenters. The molecular formula is C18H35NO. The molecule has 0 fully saturated rings. The minimum Gasteiger partial charge on any atom is -0.495 e. The summed E-state index contributed by atoms with van der Waals surface area (Å²) in [4.78, 5) is 2.47. The van der Waals surface area contributed by atoms with Crippen LogP contribution in [0.15, 0.2) is 12.0 Å². The van der Waals surface area contributed by atoms with Crippen molar-refractivity contribution in [1.29, 1.82) is 0 Å². The van der Waals surface area contributed by atoms with Crippen molar-refractivity contribution in [2.45, 2.75) is 84.5 Å². The maximum atomic E-state index is 5.77. The van der Waals surface area contributed by atoms with Crippen LogP contribution < -0.4 is 0 Å². The van der Waals surface area contributed by atoms with E-state index in [-0.39, 0.29) is 0 Å². The molecule has 1 aliphatic heterocycles. The predicted octanol–water partition coefficient (Wildman–Crippen LogP) is 5.49. The number of hydrogen-bond donors (Lipinski definition) is 0. The quantitative estimate of drug-likeness (QED) is 0.438. The van der Waals surface area contributed by atoms with E-state index in [1.165, 1.54) is 76.5 Å². The molecule has 1 rings (SSSR count). The summed E-state index contributed by atoms with van der Waals surface area (Å²) in [6.45, 7) is 7.72. The smallest absolute Gasteiger partial charge is 0.112 e. The van der Waals surface area contributed by atoms with Crippen LogP contribution in [0.2, 0.25) is 0 Å². The van der Waals surface area contributed by atoms with Crippen LogP contribution in [0.25, 0.3) is 0 Å². The molecular weight excluding hydrogens is 246 g/mol. The third-order valence-corrected chi connectivity index (χ3v) is 4.07. The van der Waals surface area contributed by atoms with Crippen molar-refractivity contribution in [3.63, 3.8) is 0 Å². The van der Waals surface area contributed by atoms with E-state index >= 15 is 0 Å². The number of ether oxygens (including phenoxy) is 1. The van der Waals surface area contributed by atoms with Gasteiger partial charge in [0.1, 0.15) is 12.4 Å². The average Bonchev–Trinajstić information content (AvgIpc) is 2.48. The van der Waals surface area contributed by atoms with Gasteiger partial charge in [0.05, 0.1) is 6.54 Å². The number of allylic oxidation sites excluding steroid dienone is 1. The molecule has 2 nitrogen and oxygen atoms in total. The first kappa shape index (κ1) is 17.4. The molecule has 0 bridgehead atoms. The third kappa shape index (κ3) is 8.50. The molecule has 0 aromatic carbocycles. The Labute approximate surface area is 126 Å². The summed E-state index contributed by atoms with van der Waals surface area (Å²) in [6, 6.07) is 0. The van der Waals surface area contributed by atoms with Gasteiger partial charge in [-0.2, -0.15) is 0 Å². The Balaban J connectivity index is 2.09. The lowest BCUT2D eigenvalue weighted by Gasteiger charge is -2.27. The average molecular weight is 281 g/mol. The third-order valence-electron chi connectivity index (χ3n) is 4.07. The van der Waals surface area contributed by atoms with E-state index in [2.05, 4.69) is 24.9 Å². The highest BCUT2D eigenvalue weighted by Gasteiger charge is 2.10. The first-order valence-electron chi connectivity index (χ1n) is 8.94. The maximum absolute atomic E-state index is 5.77. The first-order chi connectivity index (χ1) is 9.86. The highest BCUT2D eigenvalue weighted by molar-refractivity contribution is 4.96. The van der Waals surface area contributed by atoms with Crippen molar-refractivity contribution < 1.29 is 4.74 Å². The molecule has 0 aromatic rings. The number of nitrogens with zero attached hydrogens (tertiary/aromatic N) is 1. The summed E-state index contributed by atoms with van der Waals surface area (Å²) in [5.74, 6) is 1.22. The van der Waals surface area contributed by atoms with Crippen LogP contribution in [0.3, 0.4) is 0 Å². The van der Waals surface area contributed by atoms with Gasteiger partial charge in [-0.3, -0.25) is 0 Å². The van der Waals surface area contributed by atoms with Crippen LogP contribution >= 0.6 is 0 Å². The fourth-order valence-corrected chi connectivity index (χ4v) is 2.73. The van der Waals surface area contributed by atoms with Crippen molar-refractivity contribution in [2.75, 3.05) is 19.7 Å². The lowest BCUT2D eigenvalue weighted by atomic mass is 10.1. The van der Waals surface area contributed by atoms with Crippen LogP contribution in [-0.4, -0.2) is 24.6 Å². The number of rotatable bonds is 12. The Hall–Kier alpha value is -0.660. The van der Waals surface area contributed by atoms with Crippen LogP contribution in [0.1, 0.15) is 84.5 Å². The van der Waals surface area contributed by atoms with Crippen molar-refractivity contribution in [1.82, 2.24) is 4.90 Å². The molecule has 0 aromatic heterocycles. The van der Waals surface area contributed by atoms with E-state index in [0.717, 1.165) is 19.6 Å².